The van der Waals surface area contributed by atoms with Crippen molar-refractivity contribution in [3.8, 4) is 5.69 Å². The Bertz CT molecular complexity index is 1280. The summed E-state index contributed by atoms with van der Waals surface area (Å²) in [5, 5.41) is 6.79. The highest BCUT2D eigenvalue weighted by Crippen LogP contribution is 2.31. The van der Waals surface area contributed by atoms with E-state index in [0.717, 1.165) is 36.3 Å². The highest BCUT2D eigenvalue weighted by molar-refractivity contribution is 7.91. The van der Waals surface area contributed by atoms with Crippen molar-refractivity contribution >= 4 is 27.3 Å². The van der Waals surface area contributed by atoms with Gasteiger partial charge in [0, 0.05) is 18.0 Å². The summed E-state index contributed by atoms with van der Waals surface area (Å²) in [6.07, 6.45) is -1.50. The second-order valence-electron chi connectivity index (χ2n) is 7.62. The summed E-state index contributed by atoms with van der Waals surface area (Å²) in [6, 6.07) is 7.89. The molecule has 3 heterocycles. The van der Waals surface area contributed by atoms with Crippen LogP contribution >= 0.6 is 11.3 Å². The van der Waals surface area contributed by atoms with Gasteiger partial charge in [0.1, 0.15) is 4.21 Å². The molecule has 2 aromatic heterocycles. The molecule has 0 radical (unpaired) electrons. The smallest absolute Gasteiger partial charge is 0.347 e. The fourth-order valence-electron chi connectivity index (χ4n) is 3.62. The van der Waals surface area contributed by atoms with Crippen LogP contribution in [0.3, 0.4) is 0 Å². The molecular formula is C21H21F3N4O3S2. The standard InChI is InChI=1S/C21H21F3N4O3S2/c1-14-18(13-26-28(14)16-6-4-5-15(11-16)21(22,23)24)20(29)25-12-17-7-8-19(32-17)33(30,31)27-9-2-3-10-27/h4-8,11,13H,2-3,9-10,12H2,1H3,(H,25,29). The quantitative estimate of drug-likeness (QED) is 0.557. The van der Waals surface area contributed by atoms with Crippen molar-refractivity contribution in [3.05, 3.63) is 64.3 Å². The molecule has 0 saturated carbocycles. The highest BCUT2D eigenvalue weighted by atomic mass is 32.2. The van der Waals surface area contributed by atoms with E-state index in [4.69, 9.17) is 0 Å². The van der Waals surface area contributed by atoms with Gasteiger partial charge in [0.25, 0.3) is 15.9 Å². The fourth-order valence-corrected chi connectivity index (χ4v) is 6.58. The van der Waals surface area contributed by atoms with Crippen molar-refractivity contribution in [2.24, 2.45) is 0 Å². The van der Waals surface area contributed by atoms with Gasteiger partial charge < -0.3 is 5.32 Å². The summed E-state index contributed by atoms with van der Waals surface area (Å²) in [6.45, 7) is 2.74. The van der Waals surface area contributed by atoms with Crippen LogP contribution in [-0.4, -0.2) is 41.5 Å². The molecule has 1 saturated heterocycles. The first-order valence-corrected chi connectivity index (χ1v) is 12.4. The van der Waals surface area contributed by atoms with E-state index in [1.807, 2.05) is 0 Å². The lowest BCUT2D eigenvalue weighted by Crippen LogP contribution is -2.27. The summed E-state index contributed by atoms with van der Waals surface area (Å²) in [5.41, 5.74) is -0.0149. The van der Waals surface area contributed by atoms with Crippen molar-refractivity contribution < 1.29 is 26.4 Å². The molecule has 0 aliphatic carbocycles. The number of rotatable bonds is 6. The Kier molecular flexibility index (Phi) is 6.34. The third-order valence-electron chi connectivity index (χ3n) is 5.39. The minimum atomic E-state index is -4.49. The van der Waals surface area contributed by atoms with Crippen LogP contribution in [0.1, 0.15) is 39.3 Å². The second kappa shape index (κ2) is 8.92. The maximum absolute atomic E-state index is 13.0. The zero-order valence-electron chi connectivity index (χ0n) is 17.6. The second-order valence-corrected chi connectivity index (χ2v) is 11.0. The average molecular weight is 499 g/mol. The number of nitrogens with zero attached hydrogens (tertiary/aromatic N) is 3. The number of sulfonamides is 1. The van der Waals surface area contributed by atoms with E-state index in [1.54, 1.807) is 13.0 Å². The minimum absolute atomic E-state index is 0.118. The lowest BCUT2D eigenvalue weighted by molar-refractivity contribution is -0.137. The lowest BCUT2D eigenvalue weighted by atomic mass is 10.2. The van der Waals surface area contributed by atoms with E-state index in [2.05, 4.69) is 10.4 Å². The minimum Gasteiger partial charge on any atom is -0.347 e. The number of nitrogens with one attached hydrogen (secondary N) is 1. The van der Waals surface area contributed by atoms with E-state index in [-0.39, 0.29) is 22.0 Å². The number of amides is 1. The molecule has 176 valence electrons. The van der Waals surface area contributed by atoms with E-state index < -0.39 is 27.7 Å². The number of hydrogen-bond donors (Lipinski definition) is 1. The van der Waals surface area contributed by atoms with Crippen LogP contribution < -0.4 is 5.32 Å². The molecule has 1 aliphatic rings. The van der Waals surface area contributed by atoms with Gasteiger partial charge >= 0.3 is 6.18 Å². The average Bonchev–Trinajstić information content (AvgIpc) is 3.52. The third-order valence-corrected chi connectivity index (χ3v) is 8.84. The van der Waals surface area contributed by atoms with Crippen molar-refractivity contribution in [2.45, 2.75) is 36.7 Å². The summed E-state index contributed by atoms with van der Waals surface area (Å²) in [4.78, 5) is 13.3. The molecule has 7 nitrogen and oxygen atoms in total. The molecule has 0 atom stereocenters. The van der Waals surface area contributed by atoms with Crippen molar-refractivity contribution in [3.63, 3.8) is 0 Å². The molecule has 3 aromatic rings. The van der Waals surface area contributed by atoms with Crippen LogP contribution in [0.5, 0.6) is 0 Å². The largest absolute Gasteiger partial charge is 0.416 e. The van der Waals surface area contributed by atoms with Gasteiger partial charge in [0.15, 0.2) is 0 Å². The molecule has 0 bridgehead atoms. The number of halogens is 3. The number of alkyl halides is 3. The molecule has 0 unspecified atom stereocenters. The maximum Gasteiger partial charge on any atom is 0.416 e. The Labute approximate surface area is 192 Å². The van der Waals surface area contributed by atoms with Gasteiger partial charge in [-0.2, -0.15) is 22.6 Å². The summed E-state index contributed by atoms with van der Waals surface area (Å²) >= 11 is 1.10. The molecule has 1 fully saturated rings. The number of carbonyl (C=O) groups excluding carboxylic acids is 1. The number of thiophene rings is 1. The van der Waals surface area contributed by atoms with Crippen LogP contribution in [-0.2, 0) is 22.7 Å². The predicted octanol–water partition coefficient (Wildman–Crippen LogP) is 3.98. The molecule has 0 spiro atoms. The van der Waals surface area contributed by atoms with Crippen molar-refractivity contribution in [2.75, 3.05) is 13.1 Å². The normalized spacial score (nSPS) is 15.2. The molecule has 1 amide bonds. The molecule has 4 rings (SSSR count). The highest BCUT2D eigenvalue weighted by Gasteiger charge is 2.31. The van der Waals surface area contributed by atoms with E-state index in [0.29, 0.717) is 23.7 Å². The van der Waals surface area contributed by atoms with Crippen LogP contribution in [0.4, 0.5) is 13.2 Å². The van der Waals surface area contributed by atoms with Gasteiger partial charge in [-0.15, -0.1) is 11.3 Å². The van der Waals surface area contributed by atoms with E-state index >= 15 is 0 Å². The molecule has 1 N–H and O–H groups in total. The third kappa shape index (κ3) is 4.82. The van der Waals surface area contributed by atoms with Crippen LogP contribution in [0, 0.1) is 6.92 Å². The summed E-state index contributed by atoms with van der Waals surface area (Å²) in [7, 11) is -3.51. The SMILES string of the molecule is Cc1c(C(=O)NCc2ccc(S(=O)(=O)N3CCCC3)s2)cnn1-c1cccc(C(F)(F)F)c1. The van der Waals surface area contributed by atoms with Gasteiger partial charge in [-0.25, -0.2) is 13.1 Å². The first-order valence-electron chi connectivity index (χ1n) is 10.2. The molecular weight excluding hydrogens is 477 g/mol. The van der Waals surface area contributed by atoms with E-state index in [9.17, 15) is 26.4 Å². The number of aromatic nitrogens is 2. The first kappa shape index (κ1) is 23.5. The lowest BCUT2D eigenvalue weighted by Gasteiger charge is -2.13. The monoisotopic (exact) mass is 498 g/mol. The number of hydrogen-bond acceptors (Lipinski definition) is 5. The van der Waals surface area contributed by atoms with Gasteiger partial charge in [0.05, 0.1) is 35.2 Å². The Morgan fingerprint density at radius 3 is 2.61 bits per heavy atom. The zero-order valence-corrected chi connectivity index (χ0v) is 19.2. The van der Waals surface area contributed by atoms with Gasteiger partial charge in [-0.1, -0.05) is 6.07 Å². The fraction of sp³-hybridized carbons (Fsp3) is 0.333. The number of carbonyl (C=O) groups is 1. The van der Waals surface area contributed by atoms with Crippen LogP contribution in [0.2, 0.25) is 0 Å². The van der Waals surface area contributed by atoms with Gasteiger partial charge in [-0.3, -0.25) is 4.79 Å². The van der Waals surface area contributed by atoms with Crippen molar-refractivity contribution in [1.82, 2.24) is 19.4 Å². The van der Waals surface area contributed by atoms with Gasteiger partial charge in [-0.05, 0) is 50.1 Å². The maximum atomic E-state index is 13.0. The Morgan fingerprint density at radius 2 is 1.91 bits per heavy atom. The van der Waals surface area contributed by atoms with Crippen molar-refractivity contribution in [1.29, 1.82) is 0 Å². The first-order chi connectivity index (χ1) is 15.6. The molecule has 1 aliphatic heterocycles. The zero-order chi connectivity index (χ0) is 23.8. The number of benzene rings is 1. The Hall–Kier alpha value is -2.70. The Balaban J connectivity index is 1.46. The Morgan fingerprint density at radius 1 is 1.18 bits per heavy atom. The van der Waals surface area contributed by atoms with Crippen LogP contribution in [0.25, 0.3) is 5.69 Å². The summed E-state index contributed by atoms with van der Waals surface area (Å²) in [5.74, 6) is -0.455. The van der Waals surface area contributed by atoms with Crippen LogP contribution in [0.15, 0.2) is 46.8 Å². The predicted molar refractivity (Wildman–Crippen MR) is 117 cm³/mol. The summed E-state index contributed by atoms with van der Waals surface area (Å²) < 4.78 is 67.3. The topological polar surface area (TPSA) is 84.3 Å². The van der Waals surface area contributed by atoms with E-state index in [1.165, 1.54) is 33.4 Å². The molecule has 1 aromatic carbocycles. The van der Waals surface area contributed by atoms with Gasteiger partial charge in [0.2, 0.25) is 0 Å². The molecule has 12 heteroatoms. The molecule has 33 heavy (non-hydrogen) atoms.